The Bertz CT molecular complexity index is 306. The van der Waals surface area contributed by atoms with Crippen LogP contribution in [0.2, 0.25) is 0 Å². The summed E-state index contributed by atoms with van der Waals surface area (Å²) in [4.78, 5) is 8.90. The van der Waals surface area contributed by atoms with Gasteiger partial charge in [-0.05, 0) is 18.9 Å². The van der Waals surface area contributed by atoms with Crippen molar-refractivity contribution < 1.29 is 0 Å². The molecule has 0 radical (unpaired) electrons. The van der Waals surface area contributed by atoms with E-state index in [2.05, 4.69) is 9.97 Å². The lowest BCUT2D eigenvalue weighted by Crippen LogP contribution is -2.04. The molecule has 1 fully saturated rings. The molecule has 0 N–H and O–H groups in total. The van der Waals surface area contributed by atoms with Gasteiger partial charge in [-0.2, -0.15) is 0 Å². The second kappa shape index (κ2) is 5.45. The van der Waals surface area contributed by atoms with E-state index in [1.165, 1.54) is 38.5 Å². The van der Waals surface area contributed by atoms with Crippen LogP contribution in [0.4, 0.5) is 0 Å². The number of nitrogens with zero attached hydrogens (tertiary/aromatic N) is 2. The fourth-order valence-electron chi connectivity index (χ4n) is 2.22. The highest BCUT2D eigenvalue weighted by Crippen LogP contribution is 2.29. The predicted molar refractivity (Wildman–Crippen MR) is 62.0 cm³/mol. The van der Waals surface area contributed by atoms with E-state index in [-0.39, 0.29) is 0 Å². The first kappa shape index (κ1) is 10.9. The molecule has 0 atom stereocenters. The van der Waals surface area contributed by atoms with Crippen LogP contribution in [0.15, 0.2) is 12.3 Å². The first-order valence-corrected chi connectivity index (χ1v) is 6.31. The molecule has 0 aromatic carbocycles. The summed E-state index contributed by atoms with van der Waals surface area (Å²) in [6.45, 7) is 0. The summed E-state index contributed by atoms with van der Waals surface area (Å²) >= 11 is 5.78. The van der Waals surface area contributed by atoms with Crippen molar-refractivity contribution in [3.63, 3.8) is 0 Å². The first-order chi connectivity index (χ1) is 7.40. The molecule has 0 saturated heterocycles. The molecule has 82 valence electrons. The summed E-state index contributed by atoms with van der Waals surface area (Å²) in [5.41, 5.74) is 0.950. The van der Waals surface area contributed by atoms with Gasteiger partial charge in [0.1, 0.15) is 5.82 Å². The van der Waals surface area contributed by atoms with Crippen LogP contribution in [0.3, 0.4) is 0 Å². The summed E-state index contributed by atoms with van der Waals surface area (Å²) in [5, 5.41) is 0. The van der Waals surface area contributed by atoms with Crippen LogP contribution in [0.5, 0.6) is 0 Å². The maximum atomic E-state index is 5.78. The summed E-state index contributed by atoms with van der Waals surface area (Å²) < 4.78 is 0. The Labute approximate surface area is 96.1 Å². The number of alkyl halides is 1. The molecule has 0 amide bonds. The van der Waals surface area contributed by atoms with Crippen molar-refractivity contribution in [3.8, 4) is 0 Å². The largest absolute Gasteiger partial charge is 0.241 e. The highest BCUT2D eigenvalue weighted by atomic mass is 35.5. The fraction of sp³-hybridized carbons (Fsp3) is 0.667. The lowest BCUT2D eigenvalue weighted by atomic mass is 9.99. The van der Waals surface area contributed by atoms with Gasteiger partial charge in [0.05, 0.1) is 11.6 Å². The third kappa shape index (κ3) is 2.91. The normalized spacial score (nSPS) is 18.7. The summed E-state index contributed by atoms with van der Waals surface area (Å²) in [7, 11) is 0. The van der Waals surface area contributed by atoms with Gasteiger partial charge in [-0.15, -0.1) is 11.6 Å². The molecule has 1 aromatic heterocycles. The number of aromatic nitrogens is 2. The Balaban J connectivity index is 2.12. The lowest BCUT2D eigenvalue weighted by Gasteiger charge is -2.12. The van der Waals surface area contributed by atoms with Crippen LogP contribution in [-0.4, -0.2) is 9.97 Å². The Kier molecular flexibility index (Phi) is 3.95. The molecule has 0 spiro atoms. The van der Waals surface area contributed by atoms with Gasteiger partial charge in [0.15, 0.2) is 0 Å². The van der Waals surface area contributed by atoms with E-state index in [9.17, 15) is 0 Å². The quantitative estimate of drug-likeness (QED) is 0.566. The highest BCUT2D eigenvalue weighted by Gasteiger charge is 2.16. The van der Waals surface area contributed by atoms with Crippen LogP contribution >= 0.6 is 11.6 Å². The second-order valence-corrected chi connectivity index (χ2v) is 4.50. The molecule has 1 aliphatic carbocycles. The van der Waals surface area contributed by atoms with Crippen molar-refractivity contribution in [2.75, 3.05) is 0 Å². The van der Waals surface area contributed by atoms with E-state index in [1.807, 2.05) is 12.3 Å². The Morgan fingerprint density at radius 3 is 2.60 bits per heavy atom. The zero-order chi connectivity index (χ0) is 10.5. The van der Waals surface area contributed by atoms with Gasteiger partial charge in [0.25, 0.3) is 0 Å². The maximum Gasteiger partial charge on any atom is 0.131 e. The number of hydrogen-bond acceptors (Lipinski definition) is 2. The maximum absolute atomic E-state index is 5.78. The monoisotopic (exact) mass is 224 g/mol. The van der Waals surface area contributed by atoms with Crippen LogP contribution in [0.1, 0.15) is 56.0 Å². The molecule has 1 heterocycles. The van der Waals surface area contributed by atoms with Gasteiger partial charge in [0.2, 0.25) is 0 Å². The minimum atomic E-state index is 0.488. The average Bonchev–Trinajstić information content (AvgIpc) is 2.58. The molecule has 3 heteroatoms. The van der Waals surface area contributed by atoms with Crippen LogP contribution in [-0.2, 0) is 5.88 Å². The SMILES string of the molecule is ClCc1ccnc(C2CCCCCC2)n1. The third-order valence-electron chi connectivity index (χ3n) is 3.09. The Morgan fingerprint density at radius 2 is 1.93 bits per heavy atom. The molecule has 15 heavy (non-hydrogen) atoms. The van der Waals surface area contributed by atoms with Crippen LogP contribution in [0, 0.1) is 0 Å². The zero-order valence-electron chi connectivity index (χ0n) is 8.95. The van der Waals surface area contributed by atoms with E-state index in [0.29, 0.717) is 11.8 Å². The van der Waals surface area contributed by atoms with Gasteiger partial charge in [-0.25, -0.2) is 9.97 Å². The number of hydrogen-bond donors (Lipinski definition) is 0. The molecule has 1 saturated carbocycles. The van der Waals surface area contributed by atoms with E-state index >= 15 is 0 Å². The van der Waals surface area contributed by atoms with E-state index in [1.54, 1.807) is 0 Å². The van der Waals surface area contributed by atoms with Crippen LogP contribution in [0.25, 0.3) is 0 Å². The summed E-state index contributed by atoms with van der Waals surface area (Å²) in [5.74, 6) is 2.06. The van der Waals surface area contributed by atoms with Gasteiger partial charge in [0, 0.05) is 12.1 Å². The standard InChI is InChI=1S/C12H17ClN2/c13-9-11-7-8-14-12(15-11)10-5-3-1-2-4-6-10/h7-8,10H,1-6,9H2. The van der Waals surface area contributed by atoms with Crippen molar-refractivity contribution in [1.82, 2.24) is 9.97 Å². The van der Waals surface area contributed by atoms with E-state index < -0.39 is 0 Å². The molecular formula is C12H17ClN2. The fourth-order valence-corrected chi connectivity index (χ4v) is 2.37. The highest BCUT2D eigenvalue weighted by molar-refractivity contribution is 6.16. The lowest BCUT2D eigenvalue weighted by molar-refractivity contribution is 0.558. The molecule has 0 bridgehead atoms. The van der Waals surface area contributed by atoms with Crippen molar-refractivity contribution in [2.45, 2.75) is 50.3 Å². The van der Waals surface area contributed by atoms with E-state index in [4.69, 9.17) is 11.6 Å². The minimum absolute atomic E-state index is 0.488. The first-order valence-electron chi connectivity index (χ1n) is 5.78. The topological polar surface area (TPSA) is 25.8 Å². The van der Waals surface area contributed by atoms with Crippen LogP contribution < -0.4 is 0 Å². The van der Waals surface area contributed by atoms with Crippen molar-refractivity contribution >= 4 is 11.6 Å². The molecule has 0 aliphatic heterocycles. The minimum Gasteiger partial charge on any atom is -0.241 e. The molecular weight excluding hydrogens is 208 g/mol. The van der Waals surface area contributed by atoms with E-state index in [0.717, 1.165) is 11.5 Å². The molecule has 2 nitrogen and oxygen atoms in total. The number of rotatable bonds is 2. The summed E-state index contributed by atoms with van der Waals surface area (Å²) in [6, 6.07) is 1.90. The predicted octanol–water partition coefficient (Wildman–Crippen LogP) is 3.65. The van der Waals surface area contributed by atoms with Gasteiger partial charge in [-0.1, -0.05) is 25.7 Å². The van der Waals surface area contributed by atoms with Crippen molar-refractivity contribution in [3.05, 3.63) is 23.8 Å². The molecule has 1 aliphatic rings. The number of halogens is 1. The Hall–Kier alpha value is -0.630. The smallest absolute Gasteiger partial charge is 0.131 e. The zero-order valence-corrected chi connectivity index (χ0v) is 9.71. The second-order valence-electron chi connectivity index (χ2n) is 4.23. The molecule has 2 rings (SSSR count). The summed E-state index contributed by atoms with van der Waals surface area (Å²) in [6.07, 6.45) is 9.69. The molecule has 0 unspecified atom stereocenters. The van der Waals surface area contributed by atoms with Crippen molar-refractivity contribution in [2.24, 2.45) is 0 Å². The van der Waals surface area contributed by atoms with Gasteiger partial charge < -0.3 is 0 Å². The third-order valence-corrected chi connectivity index (χ3v) is 3.36. The molecule has 1 aromatic rings. The Morgan fingerprint density at radius 1 is 1.20 bits per heavy atom. The van der Waals surface area contributed by atoms with Crippen molar-refractivity contribution in [1.29, 1.82) is 0 Å². The van der Waals surface area contributed by atoms with Gasteiger partial charge >= 0.3 is 0 Å². The average molecular weight is 225 g/mol. The van der Waals surface area contributed by atoms with Gasteiger partial charge in [-0.3, -0.25) is 0 Å².